The largest absolute Gasteiger partial charge is 0.379 e. The van der Waals surface area contributed by atoms with Crippen LogP contribution in [0.25, 0.3) is 0 Å². The molecule has 0 aromatic carbocycles. The first kappa shape index (κ1) is 14.3. The highest BCUT2D eigenvalue weighted by molar-refractivity contribution is 5.03. The van der Waals surface area contributed by atoms with Crippen LogP contribution >= 0.6 is 0 Å². The van der Waals surface area contributed by atoms with Gasteiger partial charge in [-0.25, -0.2) is 0 Å². The summed E-state index contributed by atoms with van der Waals surface area (Å²) in [7, 11) is 1.87. The highest BCUT2D eigenvalue weighted by Crippen LogP contribution is 2.39. The van der Waals surface area contributed by atoms with Gasteiger partial charge in [0.1, 0.15) is 0 Å². The molecule has 0 aromatic heterocycles. The molecular formula is C15H30N2O. The summed E-state index contributed by atoms with van der Waals surface area (Å²) in [6.07, 6.45) is 10.6. The van der Waals surface area contributed by atoms with Crippen LogP contribution in [0.3, 0.4) is 0 Å². The summed E-state index contributed by atoms with van der Waals surface area (Å²) in [5, 5.41) is 0. The standard InChI is InChI=1S/C15H30N2O/c1-3-13-8-5-7-11-17(13)15(12-16)10-6-4-9-14(15)18-2/h13-14H,3-12,16H2,1-2H3. The number of nitrogens with zero attached hydrogens (tertiary/aromatic N) is 1. The number of methoxy groups -OCH3 is 1. The van der Waals surface area contributed by atoms with Crippen LogP contribution in [0.2, 0.25) is 0 Å². The van der Waals surface area contributed by atoms with E-state index in [2.05, 4.69) is 11.8 Å². The number of likely N-dealkylation sites (tertiary alicyclic amines) is 1. The number of hydrogen-bond acceptors (Lipinski definition) is 3. The van der Waals surface area contributed by atoms with Gasteiger partial charge < -0.3 is 10.5 Å². The molecule has 1 saturated heterocycles. The summed E-state index contributed by atoms with van der Waals surface area (Å²) < 4.78 is 5.82. The van der Waals surface area contributed by atoms with Crippen LogP contribution in [0.4, 0.5) is 0 Å². The summed E-state index contributed by atoms with van der Waals surface area (Å²) in [5.41, 5.74) is 6.35. The third-order valence-electron chi connectivity index (χ3n) is 5.23. The van der Waals surface area contributed by atoms with Crippen molar-refractivity contribution >= 4 is 0 Å². The highest BCUT2D eigenvalue weighted by atomic mass is 16.5. The van der Waals surface area contributed by atoms with Gasteiger partial charge in [-0.15, -0.1) is 0 Å². The molecule has 3 unspecified atom stereocenters. The van der Waals surface area contributed by atoms with Crippen LogP contribution in [0, 0.1) is 0 Å². The predicted molar refractivity (Wildman–Crippen MR) is 75.7 cm³/mol. The zero-order valence-electron chi connectivity index (χ0n) is 12.2. The Morgan fingerprint density at radius 3 is 2.67 bits per heavy atom. The Labute approximate surface area is 112 Å². The Morgan fingerprint density at radius 1 is 1.22 bits per heavy atom. The minimum atomic E-state index is 0.119. The van der Waals surface area contributed by atoms with Gasteiger partial charge in [0, 0.05) is 19.7 Å². The summed E-state index contributed by atoms with van der Waals surface area (Å²) >= 11 is 0. The summed E-state index contributed by atoms with van der Waals surface area (Å²) in [6.45, 7) is 4.29. The Kier molecular flexibility index (Phi) is 5.05. The number of ether oxygens (including phenoxy) is 1. The van der Waals surface area contributed by atoms with Gasteiger partial charge in [0.15, 0.2) is 0 Å². The number of hydrogen-bond donors (Lipinski definition) is 1. The lowest BCUT2D eigenvalue weighted by Gasteiger charge is -2.54. The molecule has 0 radical (unpaired) electrons. The molecule has 1 saturated carbocycles. The monoisotopic (exact) mass is 254 g/mol. The lowest BCUT2D eigenvalue weighted by Crippen LogP contribution is -2.66. The van der Waals surface area contributed by atoms with E-state index in [0.29, 0.717) is 6.10 Å². The molecule has 1 aliphatic heterocycles. The summed E-state index contributed by atoms with van der Waals surface area (Å²) in [5.74, 6) is 0. The predicted octanol–water partition coefficient (Wildman–Crippen LogP) is 2.54. The lowest BCUT2D eigenvalue weighted by atomic mass is 9.75. The fourth-order valence-electron chi connectivity index (χ4n) is 4.22. The molecule has 3 heteroatoms. The van der Waals surface area contributed by atoms with E-state index >= 15 is 0 Å². The molecule has 1 heterocycles. The molecule has 0 amide bonds. The van der Waals surface area contributed by atoms with Crippen LogP contribution < -0.4 is 5.73 Å². The minimum absolute atomic E-state index is 0.119. The van der Waals surface area contributed by atoms with Crippen molar-refractivity contribution < 1.29 is 4.74 Å². The van der Waals surface area contributed by atoms with E-state index in [-0.39, 0.29) is 5.54 Å². The average molecular weight is 254 g/mol. The van der Waals surface area contributed by atoms with Gasteiger partial charge in [0.05, 0.1) is 11.6 Å². The molecule has 106 valence electrons. The second kappa shape index (κ2) is 6.36. The van der Waals surface area contributed by atoms with Crippen LogP contribution in [0.5, 0.6) is 0 Å². The Morgan fingerprint density at radius 2 is 2.00 bits per heavy atom. The normalized spacial score (nSPS) is 38.8. The van der Waals surface area contributed by atoms with Crippen molar-refractivity contribution in [3.05, 3.63) is 0 Å². The molecular weight excluding hydrogens is 224 g/mol. The van der Waals surface area contributed by atoms with E-state index in [1.54, 1.807) is 0 Å². The van der Waals surface area contributed by atoms with E-state index in [1.807, 2.05) is 7.11 Å². The Balaban J connectivity index is 2.22. The maximum Gasteiger partial charge on any atom is 0.0767 e. The molecule has 3 nitrogen and oxygen atoms in total. The molecule has 2 aliphatic rings. The second-order valence-corrected chi connectivity index (χ2v) is 6.03. The van der Waals surface area contributed by atoms with Gasteiger partial charge in [0.25, 0.3) is 0 Å². The van der Waals surface area contributed by atoms with E-state index in [1.165, 1.54) is 57.9 Å². The fraction of sp³-hybridized carbons (Fsp3) is 1.00. The maximum atomic E-state index is 6.23. The zero-order chi connectivity index (χ0) is 13.0. The highest BCUT2D eigenvalue weighted by Gasteiger charge is 2.47. The first-order valence-electron chi connectivity index (χ1n) is 7.78. The average Bonchev–Trinajstić information content (AvgIpc) is 2.46. The van der Waals surface area contributed by atoms with Crippen LogP contribution in [0.15, 0.2) is 0 Å². The van der Waals surface area contributed by atoms with E-state index in [9.17, 15) is 0 Å². The van der Waals surface area contributed by atoms with Gasteiger partial charge in [-0.05, 0) is 38.6 Å². The van der Waals surface area contributed by atoms with E-state index in [4.69, 9.17) is 10.5 Å². The van der Waals surface area contributed by atoms with Gasteiger partial charge in [-0.1, -0.05) is 26.2 Å². The smallest absolute Gasteiger partial charge is 0.0767 e. The third-order valence-corrected chi connectivity index (χ3v) is 5.23. The summed E-state index contributed by atoms with van der Waals surface area (Å²) in [4.78, 5) is 2.73. The van der Waals surface area contributed by atoms with E-state index in [0.717, 1.165) is 12.6 Å². The molecule has 0 spiro atoms. The Bertz CT molecular complexity index is 259. The molecule has 3 atom stereocenters. The van der Waals surface area contributed by atoms with Gasteiger partial charge in [0.2, 0.25) is 0 Å². The second-order valence-electron chi connectivity index (χ2n) is 6.03. The van der Waals surface area contributed by atoms with Crippen LogP contribution in [-0.2, 0) is 4.74 Å². The molecule has 2 N–H and O–H groups in total. The van der Waals surface area contributed by atoms with Crippen molar-refractivity contribution in [1.82, 2.24) is 4.90 Å². The van der Waals surface area contributed by atoms with Crippen molar-refractivity contribution in [3.63, 3.8) is 0 Å². The van der Waals surface area contributed by atoms with Crippen LogP contribution in [0.1, 0.15) is 58.3 Å². The van der Waals surface area contributed by atoms with Gasteiger partial charge in [-0.2, -0.15) is 0 Å². The molecule has 1 aliphatic carbocycles. The van der Waals surface area contributed by atoms with Gasteiger partial charge in [-0.3, -0.25) is 4.90 Å². The zero-order valence-corrected chi connectivity index (χ0v) is 12.2. The Hall–Kier alpha value is -0.120. The molecule has 2 fully saturated rings. The van der Waals surface area contributed by atoms with Crippen molar-refractivity contribution in [1.29, 1.82) is 0 Å². The molecule has 0 aromatic rings. The van der Waals surface area contributed by atoms with Crippen molar-refractivity contribution in [2.45, 2.75) is 76.0 Å². The van der Waals surface area contributed by atoms with Crippen LogP contribution in [-0.4, -0.2) is 42.8 Å². The van der Waals surface area contributed by atoms with E-state index < -0.39 is 0 Å². The van der Waals surface area contributed by atoms with Crippen molar-refractivity contribution in [2.24, 2.45) is 5.73 Å². The van der Waals surface area contributed by atoms with Gasteiger partial charge >= 0.3 is 0 Å². The number of nitrogens with two attached hydrogens (primary N) is 1. The topological polar surface area (TPSA) is 38.5 Å². The first-order valence-corrected chi connectivity index (χ1v) is 7.78. The molecule has 0 bridgehead atoms. The van der Waals surface area contributed by atoms with Crippen molar-refractivity contribution in [2.75, 3.05) is 20.2 Å². The minimum Gasteiger partial charge on any atom is -0.379 e. The molecule has 2 rings (SSSR count). The first-order chi connectivity index (χ1) is 8.78. The SMILES string of the molecule is CCC1CCCCN1C1(CN)CCCCC1OC. The molecule has 18 heavy (non-hydrogen) atoms. The lowest BCUT2D eigenvalue weighted by molar-refractivity contribution is -0.101. The maximum absolute atomic E-state index is 6.23. The number of piperidine rings is 1. The third kappa shape index (κ3) is 2.45. The van der Waals surface area contributed by atoms with Crippen molar-refractivity contribution in [3.8, 4) is 0 Å². The number of rotatable bonds is 4. The quantitative estimate of drug-likeness (QED) is 0.838. The summed E-state index contributed by atoms with van der Waals surface area (Å²) in [6, 6.07) is 0.720. The fourth-order valence-corrected chi connectivity index (χ4v) is 4.22.